The van der Waals surface area contributed by atoms with Crippen molar-refractivity contribution >= 4 is 41.7 Å². The Labute approximate surface area is 191 Å². The molecule has 1 unspecified atom stereocenters. The molecule has 0 saturated carbocycles. The third-order valence-corrected chi connectivity index (χ3v) is 5.52. The van der Waals surface area contributed by atoms with E-state index in [1.165, 1.54) is 32.0 Å². The molecule has 0 amide bonds. The van der Waals surface area contributed by atoms with Crippen molar-refractivity contribution in [2.24, 2.45) is 16.8 Å². The molecule has 1 aliphatic heterocycles. The summed E-state index contributed by atoms with van der Waals surface area (Å²) in [5.74, 6) is 2.84. The van der Waals surface area contributed by atoms with E-state index in [1.807, 2.05) is 12.3 Å². The average molecular weight is 523 g/mol. The van der Waals surface area contributed by atoms with E-state index in [2.05, 4.69) is 34.4 Å². The van der Waals surface area contributed by atoms with Crippen LogP contribution in [-0.2, 0) is 12.3 Å². The lowest BCUT2D eigenvalue weighted by molar-refractivity contribution is 0.159. The van der Waals surface area contributed by atoms with E-state index < -0.39 is 0 Å². The van der Waals surface area contributed by atoms with Gasteiger partial charge in [0.1, 0.15) is 5.82 Å². The zero-order valence-corrected chi connectivity index (χ0v) is 20.8. The highest BCUT2D eigenvalue weighted by molar-refractivity contribution is 14.0. The number of piperidine rings is 1. The molecule has 0 bridgehead atoms. The highest BCUT2D eigenvalue weighted by Gasteiger charge is 2.20. The Kier molecular flexibility index (Phi) is 12.4. The van der Waals surface area contributed by atoms with E-state index in [0.29, 0.717) is 12.5 Å². The van der Waals surface area contributed by atoms with Crippen LogP contribution in [0.5, 0.6) is 0 Å². The lowest BCUT2D eigenvalue weighted by Gasteiger charge is -2.34. The van der Waals surface area contributed by atoms with Crippen molar-refractivity contribution in [3.8, 4) is 0 Å². The predicted octanol–water partition coefficient (Wildman–Crippen LogP) is 4.34. The molecule has 1 aromatic carbocycles. The summed E-state index contributed by atoms with van der Waals surface area (Å²) < 4.78 is 13.5. The highest BCUT2D eigenvalue weighted by Crippen LogP contribution is 2.18. The molecule has 0 spiro atoms. The van der Waals surface area contributed by atoms with Crippen molar-refractivity contribution in [1.82, 2.24) is 15.5 Å². The van der Waals surface area contributed by atoms with Gasteiger partial charge in [0.2, 0.25) is 0 Å². The molecule has 0 radical (unpaired) electrons. The standard InChI is InChI=1S/C21H35FN4S.HI/c1-16(2)13-26-9-5-6-17(14-26)11-24-21(23-3)25-12-18-7-8-20(22)10-19(18)15-27-4;/h7-8,10,16-17H,5-6,9,11-15H2,1-4H3,(H2,23,24,25);1H. The maximum absolute atomic E-state index is 13.5. The molecule has 2 rings (SSSR count). The lowest BCUT2D eigenvalue weighted by Crippen LogP contribution is -2.45. The zero-order valence-electron chi connectivity index (χ0n) is 17.6. The molecule has 1 fully saturated rings. The maximum Gasteiger partial charge on any atom is 0.191 e. The summed E-state index contributed by atoms with van der Waals surface area (Å²) in [5, 5.41) is 6.86. The van der Waals surface area contributed by atoms with Gasteiger partial charge in [-0.1, -0.05) is 19.9 Å². The molecule has 1 heterocycles. The summed E-state index contributed by atoms with van der Waals surface area (Å²) in [6.45, 7) is 9.74. The Balaban J connectivity index is 0.00000392. The number of benzene rings is 1. The largest absolute Gasteiger partial charge is 0.356 e. The second-order valence-electron chi connectivity index (χ2n) is 7.81. The first-order valence-corrected chi connectivity index (χ1v) is 11.3. The van der Waals surface area contributed by atoms with Gasteiger partial charge in [-0.3, -0.25) is 4.99 Å². The van der Waals surface area contributed by atoms with Crippen LogP contribution < -0.4 is 10.6 Å². The summed E-state index contributed by atoms with van der Waals surface area (Å²) in [4.78, 5) is 6.94. The minimum atomic E-state index is -0.173. The molecular weight excluding hydrogens is 486 g/mol. The van der Waals surface area contributed by atoms with Crippen LogP contribution in [0.15, 0.2) is 23.2 Å². The van der Waals surface area contributed by atoms with Gasteiger partial charge in [0.05, 0.1) is 0 Å². The zero-order chi connectivity index (χ0) is 19.6. The summed E-state index contributed by atoms with van der Waals surface area (Å²) in [6, 6.07) is 5.03. The first-order chi connectivity index (χ1) is 13.0. The van der Waals surface area contributed by atoms with E-state index in [1.54, 1.807) is 24.9 Å². The summed E-state index contributed by atoms with van der Waals surface area (Å²) in [6.07, 6.45) is 4.59. The van der Waals surface area contributed by atoms with Crippen LogP contribution in [0.2, 0.25) is 0 Å². The molecule has 0 aliphatic carbocycles. The maximum atomic E-state index is 13.5. The van der Waals surface area contributed by atoms with Crippen molar-refractivity contribution in [3.63, 3.8) is 0 Å². The van der Waals surface area contributed by atoms with Crippen LogP contribution in [0.3, 0.4) is 0 Å². The van der Waals surface area contributed by atoms with Crippen molar-refractivity contribution in [2.75, 3.05) is 39.5 Å². The molecule has 1 saturated heterocycles. The molecule has 2 N–H and O–H groups in total. The van der Waals surface area contributed by atoms with Gasteiger partial charge in [0, 0.05) is 39.0 Å². The second-order valence-corrected chi connectivity index (χ2v) is 8.68. The Morgan fingerprint density at radius 2 is 2.11 bits per heavy atom. The van der Waals surface area contributed by atoms with Crippen LogP contribution in [0.25, 0.3) is 0 Å². The topological polar surface area (TPSA) is 39.7 Å². The molecule has 4 nitrogen and oxygen atoms in total. The number of halogens is 2. The SMILES string of the molecule is CN=C(NCc1ccc(F)cc1CSC)NCC1CCCN(CC(C)C)C1.I. The fourth-order valence-corrected chi connectivity index (χ4v) is 4.28. The predicted molar refractivity (Wildman–Crippen MR) is 131 cm³/mol. The molecule has 0 aromatic heterocycles. The first-order valence-electron chi connectivity index (χ1n) is 9.95. The van der Waals surface area contributed by atoms with Crippen molar-refractivity contribution < 1.29 is 4.39 Å². The quantitative estimate of drug-likeness (QED) is 0.303. The Morgan fingerprint density at radius 1 is 1.32 bits per heavy atom. The van der Waals surface area contributed by atoms with E-state index in [0.717, 1.165) is 41.8 Å². The number of nitrogens with zero attached hydrogens (tertiary/aromatic N) is 2. The van der Waals surface area contributed by atoms with Gasteiger partial charge in [0.25, 0.3) is 0 Å². The molecule has 160 valence electrons. The van der Waals surface area contributed by atoms with Crippen LogP contribution in [0.4, 0.5) is 4.39 Å². The Bertz CT molecular complexity index is 612. The fraction of sp³-hybridized carbons (Fsp3) is 0.667. The van der Waals surface area contributed by atoms with Crippen LogP contribution >= 0.6 is 35.7 Å². The number of hydrogen-bond acceptors (Lipinski definition) is 3. The van der Waals surface area contributed by atoms with Crippen LogP contribution in [0.1, 0.15) is 37.8 Å². The summed E-state index contributed by atoms with van der Waals surface area (Å²) in [5.41, 5.74) is 2.16. The van der Waals surface area contributed by atoms with E-state index in [-0.39, 0.29) is 29.8 Å². The van der Waals surface area contributed by atoms with Gasteiger partial charge < -0.3 is 15.5 Å². The van der Waals surface area contributed by atoms with Gasteiger partial charge in [-0.25, -0.2) is 4.39 Å². The minimum absolute atomic E-state index is 0. The number of nitrogens with one attached hydrogen (secondary N) is 2. The molecule has 1 aromatic rings. The minimum Gasteiger partial charge on any atom is -0.356 e. The molecule has 7 heteroatoms. The van der Waals surface area contributed by atoms with Crippen molar-refractivity contribution in [2.45, 2.75) is 39.0 Å². The number of guanidine groups is 1. The van der Waals surface area contributed by atoms with Crippen molar-refractivity contribution in [3.05, 3.63) is 35.1 Å². The van der Waals surface area contributed by atoms with Gasteiger partial charge in [0.15, 0.2) is 5.96 Å². The lowest BCUT2D eigenvalue weighted by atomic mass is 9.97. The van der Waals surface area contributed by atoms with E-state index >= 15 is 0 Å². The van der Waals surface area contributed by atoms with E-state index in [9.17, 15) is 4.39 Å². The number of thioether (sulfide) groups is 1. The monoisotopic (exact) mass is 522 g/mol. The second kappa shape index (κ2) is 13.6. The number of aliphatic imine (C=N–C) groups is 1. The normalized spacial score (nSPS) is 18.1. The average Bonchev–Trinajstić information content (AvgIpc) is 2.63. The smallest absolute Gasteiger partial charge is 0.191 e. The third-order valence-electron chi connectivity index (χ3n) is 4.92. The Morgan fingerprint density at radius 3 is 2.79 bits per heavy atom. The van der Waals surface area contributed by atoms with Crippen LogP contribution in [-0.4, -0.2) is 50.3 Å². The first kappa shape index (κ1) is 25.5. The molecule has 28 heavy (non-hydrogen) atoms. The van der Waals surface area contributed by atoms with Gasteiger partial charge in [-0.2, -0.15) is 11.8 Å². The fourth-order valence-electron chi connectivity index (χ4n) is 3.70. The van der Waals surface area contributed by atoms with Crippen molar-refractivity contribution in [1.29, 1.82) is 0 Å². The third kappa shape index (κ3) is 8.86. The van der Waals surface area contributed by atoms with Gasteiger partial charge in [-0.05, 0) is 60.7 Å². The van der Waals surface area contributed by atoms with Gasteiger partial charge >= 0.3 is 0 Å². The van der Waals surface area contributed by atoms with Gasteiger partial charge in [-0.15, -0.1) is 24.0 Å². The Hall–Kier alpha value is -0.540. The number of rotatable bonds is 8. The van der Waals surface area contributed by atoms with Crippen LogP contribution in [0, 0.1) is 17.7 Å². The summed E-state index contributed by atoms with van der Waals surface area (Å²) in [7, 11) is 1.80. The molecule has 1 aliphatic rings. The number of likely N-dealkylation sites (tertiary alicyclic amines) is 1. The molecular formula is C21H36FIN4S. The van der Waals surface area contributed by atoms with E-state index in [4.69, 9.17) is 0 Å². The highest BCUT2D eigenvalue weighted by atomic mass is 127. The summed E-state index contributed by atoms with van der Waals surface area (Å²) >= 11 is 1.71. The number of hydrogen-bond donors (Lipinski definition) is 2. The molecule has 1 atom stereocenters.